The van der Waals surface area contributed by atoms with Crippen molar-refractivity contribution in [1.29, 1.82) is 0 Å². The van der Waals surface area contributed by atoms with Gasteiger partial charge in [-0.2, -0.15) is 18.3 Å². The van der Waals surface area contributed by atoms with E-state index in [0.717, 1.165) is 18.4 Å². The van der Waals surface area contributed by atoms with Gasteiger partial charge in [0.1, 0.15) is 0 Å². The van der Waals surface area contributed by atoms with Crippen molar-refractivity contribution in [3.8, 4) is 10.6 Å². The van der Waals surface area contributed by atoms with Crippen LogP contribution in [-0.4, -0.2) is 26.5 Å². The number of carbonyl (C=O) groups is 1. The molecule has 3 aromatic heterocycles. The van der Waals surface area contributed by atoms with Crippen molar-refractivity contribution in [1.82, 2.24) is 19.9 Å². The Morgan fingerprint density at radius 3 is 2.77 bits per heavy atom. The summed E-state index contributed by atoms with van der Waals surface area (Å²) >= 11 is 1.31. The molecule has 3 heterocycles. The minimum atomic E-state index is -4.62. The number of hydrogen-bond donors (Lipinski definition) is 1. The molecular weight excluding hydrogens is 413 g/mol. The highest BCUT2D eigenvalue weighted by Gasteiger charge is 2.42. The zero-order chi connectivity index (χ0) is 21.0. The average molecular weight is 434 g/mol. The summed E-state index contributed by atoms with van der Waals surface area (Å²) in [5, 5.41) is 8.70. The van der Waals surface area contributed by atoms with Crippen LogP contribution < -0.4 is 5.32 Å². The normalized spacial score (nSPS) is 24.5. The monoisotopic (exact) mass is 434 g/mol. The molecule has 2 aliphatic carbocycles. The van der Waals surface area contributed by atoms with Gasteiger partial charge in [-0.25, -0.2) is 9.50 Å². The minimum absolute atomic E-state index is 0.00551. The van der Waals surface area contributed by atoms with Gasteiger partial charge in [-0.15, -0.1) is 11.3 Å². The van der Waals surface area contributed by atoms with Gasteiger partial charge in [0, 0.05) is 12.1 Å². The van der Waals surface area contributed by atoms with Gasteiger partial charge in [0.25, 0.3) is 5.91 Å². The van der Waals surface area contributed by atoms with Crippen molar-refractivity contribution >= 4 is 22.9 Å². The van der Waals surface area contributed by atoms with E-state index >= 15 is 0 Å². The lowest BCUT2D eigenvalue weighted by Gasteiger charge is -2.28. The van der Waals surface area contributed by atoms with E-state index in [1.54, 1.807) is 17.5 Å². The molecule has 30 heavy (non-hydrogen) atoms. The van der Waals surface area contributed by atoms with E-state index in [0.29, 0.717) is 21.2 Å². The fraction of sp³-hybridized carbons (Fsp3) is 0.476. The topological polar surface area (TPSA) is 59.3 Å². The standard InChI is InChI=1S/C21H21F3N4OS/c1-11(14-8-12-4-5-13(14)7-12)25-20(29)16-10-19-26-15(17-3-2-6-30-17)9-18(21(22,23)24)28(19)27-16/h2-3,6,9-14H,4-5,7-8H2,1H3,(H,25,29). The van der Waals surface area contributed by atoms with Gasteiger partial charge in [-0.05, 0) is 61.5 Å². The molecule has 1 N–H and O–H groups in total. The summed E-state index contributed by atoms with van der Waals surface area (Å²) in [5.74, 6) is 1.36. The van der Waals surface area contributed by atoms with E-state index in [9.17, 15) is 18.0 Å². The largest absolute Gasteiger partial charge is 0.433 e. The van der Waals surface area contributed by atoms with Crippen LogP contribution >= 0.6 is 11.3 Å². The van der Waals surface area contributed by atoms with E-state index in [4.69, 9.17) is 0 Å². The zero-order valence-corrected chi connectivity index (χ0v) is 17.1. The van der Waals surface area contributed by atoms with Crippen LogP contribution in [0.15, 0.2) is 29.6 Å². The van der Waals surface area contributed by atoms with E-state index in [1.807, 2.05) is 6.92 Å². The van der Waals surface area contributed by atoms with Crippen molar-refractivity contribution in [2.75, 3.05) is 0 Å². The van der Waals surface area contributed by atoms with Gasteiger partial charge in [0.05, 0.1) is 10.6 Å². The third-order valence-corrected chi connectivity index (χ3v) is 7.41. The summed E-state index contributed by atoms with van der Waals surface area (Å²) in [4.78, 5) is 17.7. The van der Waals surface area contributed by atoms with Crippen molar-refractivity contribution in [2.45, 2.75) is 44.8 Å². The molecule has 0 aromatic carbocycles. The molecule has 2 fully saturated rings. The van der Waals surface area contributed by atoms with Gasteiger partial charge >= 0.3 is 6.18 Å². The van der Waals surface area contributed by atoms with Crippen LogP contribution in [0.2, 0.25) is 0 Å². The Morgan fingerprint density at radius 1 is 1.30 bits per heavy atom. The first-order chi connectivity index (χ1) is 14.3. The number of amides is 1. The fourth-order valence-electron chi connectivity index (χ4n) is 5.13. The molecule has 5 rings (SSSR count). The van der Waals surface area contributed by atoms with Crippen LogP contribution in [0.1, 0.15) is 48.8 Å². The molecule has 0 spiro atoms. The number of rotatable bonds is 4. The second-order valence-electron chi connectivity index (χ2n) is 8.40. The molecule has 1 amide bonds. The number of nitrogens with zero attached hydrogens (tertiary/aromatic N) is 3. The first kappa shape index (κ1) is 19.5. The highest BCUT2D eigenvalue weighted by atomic mass is 32.1. The maximum atomic E-state index is 13.7. The molecule has 9 heteroatoms. The number of nitrogens with one attached hydrogen (secondary N) is 1. The van der Waals surface area contributed by atoms with E-state index in [2.05, 4.69) is 15.4 Å². The lowest BCUT2D eigenvalue weighted by Crippen LogP contribution is -2.40. The number of carbonyl (C=O) groups excluding carboxylic acids is 1. The number of fused-ring (bicyclic) bond motifs is 3. The van der Waals surface area contributed by atoms with Gasteiger partial charge < -0.3 is 5.32 Å². The number of alkyl halides is 3. The van der Waals surface area contributed by atoms with Crippen LogP contribution in [-0.2, 0) is 6.18 Å². The van der Waals surface area contributed by atoms with Gasteiger partial charge in [0.2, 0.25) is 0 Å². The lowest BCUT2D eigenvalue weighted by atomic mass is 9.84. The molecule has 3 aromatic rings. The summed E-state index contributed by atoms with van der Waals surface area (Å²) in [5.41, 5.74) is -0.777. The van der Waals surface area contributed by atoms with Crippen molar-refractivity contribution in [3.63, 3.8) is 0 Å². The molecule has 0 aliphatic heterocycles. The Labute approximate surface area is 175 Å². The molecule has 158 valence electrons. The Morgan fingerprint density at radius 2 is 2.13 bits per heavy atom. The molecule has 5 nitrogen and oxygen atoms in total. The molecule has 4 atom stereocenters. The highest BCUT2D eigenvalue weighted by molar-refractivity contribution is 7.13. The molecule has 2 aliphatic rings. The van der Waals surface area contributed by atoms with Crippen LogP contribution in [0.5, 0.6) is 0 Å². The van der Waals surface area contributed by atoms with Crippen LogP contribution in [0.4, 0.5) is 13.2 Å². The summed E-state index contributed by atoms with van der Waals surface area (Å²) in [6, 6.07) is 5.74. The van der Waals surface area contributed by atoms with Crippen molar-refractivity contribution in [2.24, 2.45) is 17.8 Å². The molecule has 2 saturated carbocycles. The summed E-state index contributed by atoms with van der Waals surface area (Å²) in [7, 11) is 0. The van der Waals surface area contributed by atoms with Crippen molar-refractivity contribution in [3.05, 3.63) is 41.0 Å². The predicted octanol–water partition coefficient (Wildman–Crippen LogP) is 5.03. The maximum absolute atomic E-state index is 13.7. The molecule has 0 saturated heterocycles. The predicted molar refractivity (Wildman–Crippen MR) is 107 cm³/mol. The maximum Gasteiger partial charge on any atom is 0.433 e. The SMILES string of the molecule is CC(NC(=O)c1cc2nc(-c3cccs3)cc(C(F)(F)F)n2n1)C1CC2CCC1C2. The highest BCUT2D eigenvalue weighted by Crippen LogP contribution is 2.49. The third-order valence-electron chi connectivity index (χ3n) is 6.52. The first-order valence-electron chi connectivity index (χ1n) is 10.1. The Balaban J connectivity index is 1.45. The Bertz CT molecular complexity index is 1090. The number of hydrogen-bond acceptors (Lipinski definition) is 4. The fourth-order valence-corrected chi connectivity index (χ4v) is 5.82. The van der Waals surface area contributed by atoms with E-state index < -0.39 is 17.8 Å². The lowest BCUT2D eigenvalue weighted by molar-refractivity contribution is -0.142. The number of halogens is 3. The minimum Gasteiger partial charge on any atom is -0.348 e. The number of thiophene rings is 1. The molecular formula is C21H21F3N4OS. The van der Waals surface area contributed by atoms with Crippen LogP contribution in [0, 0.1) is 17.8 Å². The van der Waals surface area contributed by atoms with Crippen LogP contribution in [0.3, 0.4) is 0 Å². The molecule has 4 unspecified atom stereocenters. The Hall–Kier alpha value is -2.42. The molecule has 0 radical (unpaired) electrons. The Kier molecular flexibility index (Phi) is 4.61. The second-order valence-corrected chi connectivity index (χ2v) is 9.35. The van der Waals surface area contributed by atoms with E-state index in [-0.39, 0.29) is 23.1 Å². The first-order valence-corrected chi connectivity index (χ1v) is 11.0. The van der Waals surface area contributed by atoms with Gasteiger partial charge in [-0.3, -0.25) is 4.79 Å². The van der Waals surface area contributed by atoms with Gasteiger partial charge in [0.15, 0.2) is 17.0 Å². The smallest absolute Gasteiger partial charge is 0.348 e. The molecule has 2 bridgehead atoms. The van der Waals surface area contributed by atoms with Crippen molar-refractivity contribution < 1.29 is 18.0 Å². The van der Waals surface area contributed by atoms with Gasteiger partial charge in [-0.1, -0.05) is 12.5 Å². The van der Waals surface area contributed by atoms with E-state index in [1.165, 1.54) is 36.7 Å². The summed E-state index contributed by atoms with van der Waals surface area (Å²) < 4.78 is 41.7. The number of aromatic nitrogens is 3. The third kappa shape index (κ3) is 3.38. The summed E-state index contributed by atoms with van der Waals surface area (Å²) in [6.45, 7) is 1.98. The average Bonchev–Trinajstić information content (AvgIpc) is 3.49. The zero-order valence-electron chi connectivity index (χ0n) is 16.3. The quantitative estimate of drug-likeness (QED) is 0.627. The van der Waals surface area contributed by atoms with Crippen LogP contribution in [0.25, 0.3) is 16.2 Å². The second kappa shape index (κ2) is 7.08. The summed E-state index contributed by atoms with van der Waals surface area (Å²) in [6.07, 6.45) is 0.190.